The molecule has 6 heteroatoms. The molecule has 0 atom stereocenters. The number of aliphatic imine (C=N–C) groups is 1. The lowest BCUT2D eigenvalue weighted by atomic mass is 9.95. The van der Waals surface area contributed by atoms with Crippen LogP contribution in [0.5, 0.6) is 0 Å². The van der Waals surface area contributed by atoms with Crippen LogP contribution in [0.4, 0.5) is 0 Å². The van der Waals surface area contributed by atoms with Crippen molar-refractivity contribution in [2.45, 2.75) is 76.3 Å². The van der Waals surface area contributed by atoms with Crippen LogP contribution in [0.1, 0.15) is 64.2 Å². The molecule has 2 rings (SSSR count). The third-order valence-electron chi connectivity index (χ3n) is 5.01. The standard InChI is InChI=1S/C19H38N4O2/c20-11-13-24-15-16-25-14-12-21-19(22-17-7-3-1-4-8-17)23-18-9-5-2-6-10-18/h17-18H,1-16,20H2,(H2,21,22,23). The second-order valence-electron chi connectivity index (χ2n) is 7.19. The smallest absolute Gasteiger partial charge is 0.191 e. The second kappa shape index (κ2) is 13.4. The fourth-order valence-electron chi connectivity index (χ4n) is 3.61. The maximum atomic E-state index is 5.60. The highest BCUT2D eigenvalue weighted by molar-refractivity contribution is 5.80. The Morgan fingerprint density at radius 2 is 1.48 bits per heavy atom. The van der Waals surface area contributed by atoms with Gasteiger partial charge in [0, 0.05) is 19.1 Å². The average molecular weight is 355 g/mol. The molecule has 6 nitrogen and oxygen atoms in total. The number of hydrogen-bond donors (Lipinski definition) is 3. The van der Waals surface area contributed by atoms with Crippen LogP contribution in [-0.2, 0) is 9.47 Å². The minimum Gasteiger partial charge on any atom is -0.378 e. The SMILES string of the molecule is NCCOCCOCCNC(=NC1CCCCC1)NC1CCCCC1. The normalized spacial score (nSPS) is 20.6. The van der Waals surface area contributed by atoms with Gasteiger partial charge >= 0.3 is 0 Å². The number of guanidine groups is 1. The van der Waals surface area contributed by atoms with Gasteiger partial charge in [0.1, 0.15) is 0 Å². The van der Waals surface area contributed by atoms with E-state index in [9.17, 15) is 0 Å². The van der Waals surface area contributed by atoms with Crippen molar-refractivity contribution in [3.8, 4) is 0 Å². The van der Waals surface area contributed by atoms with Gasteiger partial charge in [0.15, 0.2) is 5.96 Å². The molecule has 0 radical (unpaired) electrons. The van der Waals surface area contributed by atoms with Crippen LogP contribution in [0, 0.1) is 0 Å². The van der Waals surface area contributed by atoms with Crippen molar-refractivity contribution >= 4 is 5.96 Å². The molecule has 0 aliphatic heterocycles. The number of ether oxygens (including phenoxy) is 2. The van der Waals surface area contributed by atoms with E-state index in [0.29, 0.717) is 45.1 Å². The van der Waals surface area contributed by atoms with E-state index in [4.69, 9.17) is 20.2 Å². The first-order valence-electron chi connectivity index (χ1n) is 10.3. The van der Waals surface area contributed by atoms with Crippen LogP contribution in [-0.4, -0.2) is 57.6 Å². The molecule has 2 aliphatic rings. The molecular weight excluding hydrogens is 316 g/mol. The van der Waals surface area contributed by atoms with Crippen LogP contribution < -0.4 is 16.4 Å². The van der Waals surface area contributed by atoms with Crippen LogP contribution in [0.2, 0.25) is 0 Å². The molecular formula is C19H38N4O2. The average Bonchev–Trinajstić information content (AvgIpc) is 2.65. The summed E-state index contributed by atoms with van der Waals surface area (Å²) < 4.78 is 10.9. The van der Waals surface area contributed by atoms with Gasteiger partial charge in [0.05, 0.1) is 32.5 Å². The Morgan fingerprint density at radius 1 is 0.840 bits per heavy atom. The Labute approximate surface area is 153 Å². The molecule has 0 heterocycles. The predicted octanol–water partition coefficient (Wildman–Crippen LogP) is 2.18. The topological polar surface area (TPSA) is 80.9 Å². The zero-order valence-electron chi connectivity index (χ0n) is 15.8. The van der Waals surface area contributed by atoms with Gasteiger partial charge in [-0.1, -0.05) is 38.5 Å². The highest BCUT2D eigenvalue weighted by atomic mass is 16.5. The number of hydrogen-bond acceptors (Lipinski definition) is 4. The van der Waals surface area contributed by atoms with Crippen molar-refractivity contribution in [3.63, 3.8) is 0 Å². The quantitative estimate of drug-likeness (QED) is 0.318. The summed E-state index contributed by atoms with van der Waals surface area (Å²) in [5, 5.41) is 7.14. The molecule has 0 aromatic carbocycles. The summed E-state index contributed by atoms with van der Waals surface area (Å²) in [7, 11) is 0. The minimum absolute atomic E-state index is 0.484. The minimum atomic E-state index is 0.484. The first-order chi connectivity index (χ1) is 12.4. The van der Waals surface area contributed by atoms with Gasteiger partial charge in [0.2, 0.25) is 0 Å². The summed E-state index contributed by atoms with van der Waals surface area (Å²) in [4.78, 5) is 4.99. The van der Waals surface area contributed by atoms with E-state index in [1.54, 1.807) is 0 Å². The zero-order valence-corrected chi connectivity index (χ0v) is 15.8. The number of rotatable bonds is 10. The molecule has 2 fully saturated rings. The van der Waals surface area contributed by atoms with Gasteiger partial charge in [-0.15, -0.1) is 0 Å². The highest BCUT2D eigenvalue weighted by Gasteiger charge is 2.17. The lowest BCUT2D eigenvalue weighted by Crippen LogP contribution is -2.46. The second-order valence-corrected chi connectivity index (χ2v) is 7.19. The Bertz CT molecular complexity index is 353. The fourth-order valence-corrected chi connectivity index (χ4v) is 3.61. The largest absolute Gasteiger partial charge is 0.378 e. The monoisotopic (exact) mass is 354 g/mol. The first kappa shape index (κ1) is 20.5. The van der Waals surface area contributed by atoms with E-state index in [2.05, 4.69) is 10.6 Å². The van der Waals surface area contributed by atoms with Crippen molar-refractivity contribution in [2.75, 3.05) is 39.5 Å². The van der Waals surface area contributed by atoms with Gasteiger partial charge in [-0.25, -0.2) is 4.99 Å². The van der Waals surface area contributed by atoms with Gasteiger partial charge in [-0.2, -0.15) is 0 Å². The van der Waals surface area contributed by atoms with Crippen molar-refractivity contribution in [1.82, 2.24) is 10.6 Å². The summed E-state index contributed by atoms with van der Waals surface area (Å²) in [5.41, 5.74) is 5.38. The fraction of sp³-hybridized carbons (Fsp3) is 0.947. The number of nitrogens with one attached hydrogen (secondary N) is 2. The Balaban J connectivity index is 1.68. The zero-order chi connectivity index (χ0) is 17.6. The summed E-state index contributed by atoms with van der Waals surface area (Å²) >= 11 is 0. The lowest BCUT2D eigenvalue weighted by Gasteiger charge is -2.27. The van der Waals surface area contributed by atoms with Crippen molar-refractivity contribution in [2.24, 2.45) is 10.7 Å². The Kier molecular flexibility index (Phi) is 10.9. The van der Waals surface area contributed by atoms with E-state index in [1.807, 2.05) is 0 Å². The molecule has 0 saturated heterocycles. The number of nitrogens with two attached hydrogens (primary N) is 1. The molecule has 0 amide bonds. The third kappa shape index (κ3) is 9.42. The molecule has 2 aliphatic carbocycles. The van der Waals surface area contributed by atoms with E-state index in [1.165, 1.54) is 64.2 Å². The van der Waals surface area contributed by atoms with E-state index in [0.717, 1.165) is 12.5 Å². The van der Waals surface area contributed by atoms with Crippen molar-refractivity contribution in [1.29, 1.82) is 0 Å². The van der Waals surface area contributed by atoms with E-state index < -0.39 is 0 Å². The molecule has 0 unspecified atom stereocenters. The van der Waals surface area contributed by atoms with Crippen LogP contribution in [0.3, 0.4) is 0 Å². The molecule has 25 heavy (non-hydrogen) atoms. The Morgan fingerprint density at radius 3 is 2.16 bits per heavy atom. The molecule has 0 spiro atoms. The van der Waals surface area contributed by atoms with Crippen molar-refractivity contribution in [3.05, 3.63) is 0 Å². The first-order valence-corrected chi connectivity index (χ1v) is 10.3. The molecule has 146 valence electrons. The third-order valence-corrected chi connectivity index (χ3v) is 5.01. The van der Waals surface area contributed by atoms with Crippen LogP contribution in [0.15, 0.2) is 4.99 Å². The van der Waals surface area contributed by atoms with Gasteiger partial charge < -0.3 is 25.8 Å². The van der Waals surface area contributed by atoms with Gasteiger partial charge in [-0.3, -0.25) is 0 Å². The maximum Gasteiger partial charge on any atom is 0.191 e. The number of nitrogens with zero attached hydrogens (tertiary/aromatic N) is 1. The summed E-state index contributed by atoms with van der Waals surface area (Å²) in [6.45, 7) is 3.85. The predicted molar refractivity (Wildman–Crippen MR) is 103 cm³/mol. The van der Waals surface area contributed by atoms with Crippen LogP contribution in [0.25, 0.3) is 0 Å². The Hall–Kier alpha value is -0.850. The molecule has 0 aromatic heterocycles. The molecule has 2 saturated carbocycles. The summed E-state index contributed by atoms with van der Waals surface area (Å²) in [6, 6.07) is 1.06. The van der Waals surface area contributed by atoms with E-state index in [-0.39, 0.29) is 0 Å². The highest BCUT2D eigenvalue weighted by Crippen LogP contribution is 2.21. The van der Waals surface area contributed by atoms with Crippen LogP contribution >= 0.6 is 0 Å². The maximum absolute atomic E-state index is 5.60. The van der Waals surface area contributed by atoms with Crippen molar-refractivity contribution < 1.29 is 9.47 Å². The van der Waals surface area contributed by atoms with Gasteiger partial charge in [0.25, 0.3) is 0 Å². The van der Waals surface area contributed by atoms with Gasteiger partial charge in [-0.05, 0) is 25.7 Å². The summed E-state index contributed by atoms with van der Waals surface area (Å²) in [5.74, 6) is 0.988. The molecule has 0 aromatic rings. The lowest BCUT2D eigenvalue weighted by molar-refractivity contribution is 0.0528. The summed E-state index contributed by atoms with van der Waals surface area (Å²) in [6.07, 6.45) is 13.0. The molecule has 0 bridgehead atoms. The van der Waals surface area contributed by atoms with E-state index >= 15 is 0 Å². The molecule has 4 N–H and O–H groups in total.